The van der Waals surface area contributed by atoms with Crippen molar-refractivity contribution in [1.29, 1.82) is 0 Å². The Morgan fingerprint density at radius 3 is 2.52 bits per heavy atom. The smallest absolute Gasteiger partial charge is 0.0511 e. The van der Waals surface area contributed by atoms with Gasteiger partial charge in [-0.05, 0) is 78.9 Å². The molecule has 0 bridgehead atoms. The van der Waals surface area contributed by atoms with Crippen molar-refractivity contribution in [2.45, 2.75) is 19.3 Å². The summed E-state index contributed by atoms with van der Waals surface area (Å²) in [6.45, 7) is 6.94. The zero-order valence-electron chi connectivity index (χ0n) is 12.9. The van der Waals surface area contributed by atoms with E-state index in [1.807, 2.05) is 0 Å². The summed E-state index contributed by atoms with van der Waals surface area (Å²) in [6, 6.07) is 6.99. The van der Waals surface area contributed by atoms with Gasteiger partial charge in [0.15, 0.2) is 0 Å². The van der Waals surface area contributed by atoms with Gasteiger partial charge in [-0.3, -0.25) is 0 Å². The summed E-state index contributed by atoms with van der Waals surface area (Å²) in [5.41, 5.74) is 2.84. The lowest BCUT2D eigenvalue weighted by atomic mass is 9.91. The number of hydrogen-bond acceptors (Lipinski definition) is 3. The number of nitrogens with zero attached hydrogens (tertiary/aromatic N) is 2. The first-order valence-electron chi connectivity index (χ1n) is 8.15. The molecule has 0 atom stereocenters. The fourth-order valence-electron chi connectivity index (χ4n) is 3.40. The molecule has 0 radical (unpaired) electrons. The zero-order chi connectivity index (χ0) is 14.7. The minimum absolute atomic E-state index is 0.854. The van der Waals surface area contributed by atoms with Crippen LogP contribution in [0.3, 0.4) is 0 Å². The average Bonchev–Trinajstić information content (AvgIpc) is 2.50. The number of piperidine rings is 1. The molecule has 2 fully saturated rings. The van der Waals surface area contributed by atoms with Gasteiger partial charge in [-0.15, -0.1) is 0 Å². The average molecular weight is 352 g/mol. The molecular formula is C17H26BrN3. The molecule has 2 aliphatic rings. The molecule has 0 saturated carbocycles. The van der Waals surface area contributed by atoms with Crippen LogP contribution in [0.25, 0.3) is 0 Å². The summed E-state index contributed by atoms with van der Waals surface area (Å²) < 4.78 is 1.26. The molecule has 2 saturated heterocycles. The molecule has 116 valence electrons. The van der Waals surface area contributed by atoms with Crippen LogP contribution in [0.15, 0.2) is 22.7 Å². The van der Waals surface area contributed by atoms with E-state index < -0.39 is 0 Å². The normalized spacial score (nSPS) is 21.7. The van der Waals surface area contributed by atoms with E-state index in [4.69, 9.17) is 0 Å². The second-order valence-corrected chi connectivity index (χ2v) is 7.33. The topological polar surface area (TPSA) is 18.5 Å². The van der Waals surface area contributed by atoms with Gasteiger partial charge in [0.2, 0.25) is 0 Å². The molecule has 0 unspecified atom stereocenters. The van der Waals surface area contributed by atoms with E-state index in [-0.39, 0.29) is 0 Å². The van der Waals surface area contributed by atoms with Gasteiger partial charge in [0.05, 0.1) is 5.69 Å². The van der Waals surface area contributed by atoms with E-state index in [1.165, 1.54) is 48.1 Å². The first-order valence-corrected chi connectivity index (χ1v) is 8.94. The van der Waals surface area contributed by atoms with Crippen LogP contribution in [0.4, 0.5) is 5.69 Å². The third-order valence-electron chi connectivity index (χ3n) is 4.84. The minimum Gasteiger partial charge on any atom is -0.368 e. The second kappa shape index (κ2) is 7.12. The predicted molar refractivity (Wildman–Crippen MR) is 93.1 cm³/mol. The van der Waals surface area contributed by atoms with E-state index in [0.29, 0.717) is 0 Å². The summed E-state index contributed by atoms with van der Waals surface area (Å²) in [7, 11) is 2.20. The van der Waals surface area contributed by atoms with Gasteiger partial charge in [-0.1, -0.05) is 6.07 Å². The number of benzene rings is 1. The van der Waals surface area contributed by atoms with Crippen molar-refractivity contribution in [3.63, 3.8) is 0 Å². The molecule has 0 amide bonds. The summed E-state index contributed by atoms with van der Waals surface area (Å²) in [5, 5.41) is 3.45. The van der Waals surface area contributed by atoms with Crippen molar-refractivity contribution >= 4 is 21.6 Å². The third kappa shape index (κ3) is 3.99. The molecule has 3 rings (SSSR count). The van der Waals surface area contributed by atoms with Crippen LogP contribution >= 0.6 is 15.9 Å². The molecule has 2 aliphatic heterocycles. The highest BCUT2D eigenvalue weighted by Gasteiger charge is 2.18. The van der Waals surface area contributed by atoms with Crippen LogP contribution in [-0.4, -0.2) is 51.2 Å². The van der Waals surface area contributed by atoms with E-state index in [1.54, 1.807) is 0 Å². The summed E-state index contributed by atoms with van der Waals surface area (Å²) in [5.74, 6) is 0.854. The van der Waals surface area contributed by atoms with E-state index in [9.17, 15) is 0 Å². The van der Waals surface area contributed by atoms with Crippen molar-refractivity contribution in [1.82, 2.24) is 10.2 Å². The minimum atomic E-state index is 0.854. The van der Waals surface area contributed by atoms with E-state index >= 15 is 0 Å². The van der Waals surface area contributed by atoms with Gasteiger partial charge in [0.25, 0.3) is 0 Å². The highest BCUT2D eigenvalue weighted by Crippen LogP contribution is 2.29. The standard InChI is InChI=1S/C17H26BrN3/c1-20-8-10-21(11-9-20)17-3-2-15(13-16(17)18)12-14-4-6-19-7-5-14/h2-3,13-14,19H,4-12H2,1H3. The van der Waals surface area contributed by atoms with Gasteiger partial charge in [-0.2, -0.15) is 0 Å². The quantitative estimate of drug-likeness (QED) is 0.903. The predicted octanol–water partition coefficient (Wildman–Crippen LogP) is 2.74. The van der Waals surface area contributed by atoms with Crippen LogP contribution in [-0.2, 0) is 6.42 Å². The van der Waals surface area contributed by atoms with Crippen LogP contribution in [0.1, 0.15) is 18.4 Å². The Labute approximate surface area is 136 Å². The van der Waals surface area contributed by atoms with E-state index in [2.05, 4.69) is 56.3 Å². The second-order valence-electron chi connectivity index (χ2n) is 6.47. The Kier molecular flexibility index (Phi) is 5.19. The number of rotatable bonds is 3. The summed E-state index contributed by atoms with van der Waals surface area (Å²) in [4.78, 5) is 4.90. The molecule has 0 aliphatic carbocycles. The Hall–Kier alpha value is -0.580. The van der Waals surface area contributed by atoms with Gasteiger partial charge in [-0.25, -0.2) is 0 Å². The van der Waals surface area contributed by atoms with Crippen LogP contribution in [0, 0.1) is 5.92 Å². The SMILES string of the molecule is CN1CCN(c2ccc(CC3CCNCC3)cc2Br)CC1. The molecule has 1 N–H and O–H groups in total. The Morgan fingerprint density at radius 1 is 1.14 bits per heavy atom. The molecule has 1 aromatic carbocycles. The lowest BCUT2D eigenvalue weighted by Crippen LogP contribution is -2.44. The van der Waals surface area contributed by atoms with Crippen molar-refractivity contribution in [2.75, 3.05) is 51.2 Å². The van der Waals surface area contributed by atoms with Crippen LogP contribution in [0.2, 0.25) is 0 Å². The van der Waals surface area contributed by atoms with Crippen molar-refractivity contribution in [3.05, 3.63) is 28.2 Å². The monoisotopic (exact) mass is 351 g/mol. The van der Waals surface area contributed by atoms with Gasteiger partial charge in [0, 0.05) is 30.7 Å². The maximum absolute atomic E-state index is 3.79. The highest BCUT2D eigenvalue weighted by molar-refractivity contribution is 9.10. The van der Waals surface area contributed by atoms with Crippen LogP contribution in [0.5, 0.6) is 0 Å². The number of nitrogens with one attached hydrogen (secondary N) is 1. The van der Waals surface area contributed by atoms with Crippen molar-refractivity contribution in [2.24, 2.45) is 5.92 Å². The molecule has 1 aromatic rings. The highest BCUT2D eigenvalue weighted by atomic mass is 79.9. The molecule has 2 heterocycles. The van der Waals surface area contributed by atoms with Gasteiger partial charge < -0.3 is 15.1 Å². The number of anilines is 1. The number of halogens is 1. The van der Waals surface area contributed by atoms with Crippen molar-refractivity contribution in [3.8, 4) is 0 Å². The van der Waals surface area contributed by atoms with Gasteiger partial charge >= 0.3 is 0 Å². The number of piperazine rings is 1. The molecule has 3 nitrogen and oxygen atoms in total. The molecule has 0 aromatic heterocycles. The molecule has 0 spiro atoms. The summed E-state index contributed by atoms with van der Waals surface area (Å²) >= 11 is 3.79. The number of likely N-dealkylation sites (N-methyl/N-ethyl adjacent to an activating group) is 1. The largest absolute Gasteiger partial charge is 0.368 e. The van der Waals surface area contributed by atoms with Gasteiger partial charge in [0.1, 0.15) is 0 Å². The Balaban J connectivity index is 1.64. The van der Waals surface area contributed by atoms with E-state index in [0.717, 1.165) is 32.1 Å². The van der Waals surface area contributed by atoms with Crippen molar-refractivity contribution < 1.29 is 0 Å². The lowest BCUT2D eigenvalue weighted by Gasteiger charge is -2.34. The first kappa shape index (κ1) is 15.3. The molecular weight excluding hydrogens is 326 g/mol. The third-order valence-corrected chi connectivity index (χ3v) is 5.47. The van der Waals surface area contributed by atoms with Crippen LogP contribution < -0.4 is 10.2 Å². The molecule has 4 heteroatoms. The maximum atomic E-state index is 3.79. The first-order chi connectivity index (χ1) is 10.2. The fourth-order valence-corrected chi connectivity index (χ4v) is 4.08. The fraction of sp³-hybridized carbons (Fsp3) is 0.647. The summed E-state index contributed by atoms with van der Waals surface area (Å²) in [6.07, 6.45) is 3.86. The Bertz CT molecular complexity index is 463. The number of hydrogen-bond donors (Lipinski definition) is 1. The zero-order valence-corrected chi connectivity index (χ0v) is 14.5. The lowest BCUT2D eigenvalue weighted by molar-refractivity contribution is 0.312. The Morgan fingerprint density at radius 2 is 1.86 bits per heavy atom. The molecule has 21 heavy (non-hydrogen) atoms. The maximum Gasteiger partial charge on any atom is 0.0511 e.